The van der Waals surface area contributed by atoms with Crippen LogP contribution in [-0.2, 0) is 10.0 Å². The number of ether oxygens (including phenoxy) is 1. The van der Waals surface area contributed by atoms with E-state index in [9.17, 15) is 13.2 Å². The lowest BCUT2D eigenvalue weighted by Crippen LogP contribution is -2.27. The highest BCUT2D eigenvalue weighted by molar-refractivity contribution is 7.89. The molecular weight excluding hydrogens is 458 g/mol. The summed E-state index contributed by atoms with van der Waals surface area (Å²) >= 11 is 1.24. The lowest BCUT2D eigenvalue weighted by molar-refractivity contribution is 0.102. The minimum Gasteiger partial charge on any atom is -0.457 e. The summed E-state index contributed by atoms with van der Waals surface area (Å²) in [5, 5.41) is 3.20. The molecule has 3 aromatic carbocycles. The van der Waals surface area contributed by atoms with Crippen molar-refractivity contribution in [3.05, 3.63) is 78.4 Å². The van der Waals surface area contributed by atoms with Gasteiger partial charge in [0.25, 0.3) is 5.91 Å². The highest BCUT2D eigenvalue weighted by atomic mass is 32.2. The number of carbonyl (C=O) groups excluding carboxylic acids is 1. The zero-order valence-electron chi connectivity index (χ0n) is 17.6. The molecule has 1 N–H and O–H groups in total. The lowest BCUT2D eigenvalue weighted by Gasteiger charge is -2.15. The van der Waals surface area contributed by atoms with Crippen LogP contribution in [0.2, 0.25) is 0 Å². The molecule has 168 valence electrons. The molecule has 4 aromatic rings. The van der Waals surface area contributed by atoms with Gasteiger partial charge in [0, 0.05) is 13.1 Å². The number of amides is 1. The van der Waals surface area contributed by atoms with Crippen LogP contribution in [0.5, 0.6) is 11.5 Å². The summed E-state index contributed by atoms with van der Waals surface area (Å²) < 4.78 is 33.8. The van der Waals surface area contributed by atoms with Crippen LogP contribution in [0.4, 0.5) is 5.13 Å². The van der Waals surface area contributed by atoms with E-state index in [1.807, 2.05) is 30.3 Å². The first-order chi connectivity index (χ1) is 16.0. The fourth-order valence-electron chi connectivity index (χ4n) is 3.72. The van der Waals surface area contributed by atoms with Gasteiger partial charge in [0.15, 0.2) is 5.13 Å². The largest absolute Gasteiger partial charge is 0.457 e. The number of fused-ring (bicyclic) bond motifs is 1. The number of carbonyl (C=O) groups is 1. The molecule has 0 bridgehead atoms. The SMILES string of the molecule is O=C(Nc1nc2ccc(S(=O)(=O)N3CCCC3)cc2s1)c1ccccc1Oc1ccccc1. The number of aromatic nitrogens is 1. The fraction of sp³-hybridized carbons (Fsp3) is 0.167. The van der Waals surface area contributed by atoms with Crippen LogP contribution in [0.1, 0.15) is 23.2 Å². The predicted molar refractivity (Wildman–Crippen MR) is 129 cm³/mol. The van der Waals surface area contributed by atoms with Crippen molar-refractivity contribution in [1.82, 2.24) is 9.29 Å². The molecule has 0 aliphatic carbocycles. The molecule has 0 spiro atoms. The first kappa shape index (κ1) is 21.6. The van der Waals surface area contributed by atoms with Crippen LogP contribution in [-0.4, -0.2) is 36.7 Å². The second-order valence-corrected chi connectivity index (χ2v) is 10.6. The predicted octanol–water partition coefficient (Wildman–Crippen LogP) is 5.13. The lowest BCUT2D eigenvalue weighted by atomic mass is 10.2. The van der Waals surface area contributed by atoms with Crippen LogP contribution in [0, 0.1) is 0 Å². The Morgan fingerprint density at radius 2 is 1.70 bits per heavy atom. The van der Waals surface area contributed by atoms with E-state index in [1.54, 1.807) is 42.5 Å². The number of benzene rings is 3. The molecule has 1 aliphatic rings. The van der Waals surface area contributed by atoms with Gasteiger partial charge in [0.1, 0.15) is 11.5 Å². The Hall–Kier alpha value is -3.27. The van der Waals surface area contributed by atoms with Crippen molar-refractivity contribution in [2.24, 2.45) is 0 Å². The molecule has 2 heterocycles. The molecule has 1 aliphatic heterocycles. The summed E-state index contributed by atoms with van der Waals surface area (Å²) in [6.45, 7) is 1.10. The molecule has 1 fully saturated rings. The Labute approximate surface area is 195 Å². The number of anilines is 1. The minimum absolute atomic E-state index is 0.250. The van der Waals surface area contributed by atoms with Crippen LogP contribution in [0.3, 0.4) is 0 Å². The number of thiazole rings is 1. The number of nitrogens with one attached hydrogen (secondary N) is 1. The van der Waals surface area contributed by atoms with Gasteiger partial charge in [-0.25, -0.2) is 13.4 Å². The minimum atomic E-state index is -3.51. The molecule has 0 unspecified atom stereocenters. The monoisotopic (exact) mass is 479 g/mol. The van der Waals surface area contributed by atoms with Gasteiger partial charge in [-0.15, -0.1) is 0 Å². The number of nitrogens with zero attached hydrogens (tertiary/aromatic N) is 2. The topological polar surface area (TPSA) is 88.6 Å². The smallest absolute Gasteiger partial charge is 0.261 e. The molecule has 1 amide bonds. The second kappa shape index (κ2) is 8.93. The summed E-state index contributed by atoms with van der Waals surface area (Å²) in [5.74, 6) is 0.705. The van der Waals surface area contributed by atoms with E-state index >= 15 is 0 Å². The average Bonchev–Trinajstić information content (AvgIpc) is 3.50. The van der Waals surface area contributed by atoms with Gasteiger partial charge < -0.3 is 4.74 Å². The van der Waals surface area contributed by atoms with Gasteiger partial charge in [0.2, 0.25) is 10.0 Å². The third-order valence-corrected chi connectivity index (χ3v) is 8.21. The molecule has 9 heteroatoms. The van der Waals surface area contributed by atoms with Crippen molar-refractivity contribution in [1.29, 1.82) is 0 Å². The van der Waals surface area contributed by atoms with E-state index in [1.165, 1.54) is 15.6 Å². The zero-order chi connectivity index (χ0) is 22.8. The van der Waals surface area contributed by atoms with Crippen LogP contribution < -0.4 is 10.1 Å². The molecule has 1 aromatic heterocycles. The summed E-state index contributed by atoms with van der Waals surface area (Å²) in [6, 6.07) is 21.1. The van der Waals surface area contributed by atoms with Crippen molar-refractivity contribution in [3.63, 3.8) is 0 Å². The highest BCUT2D eigenvalue weighted by Crippen LogP contribution is 2.31. The van der Waals surface area contributed by atoms with E-state index < -0.39 is 10.0 Å². The number of hydrogen-bond acceptors (Lipinski definition) is 6. The molecular formula is C24H21N3O4S2. The number of sulfonamides is 1. The standard InChI is InChI=1S/C24H21N3O4S2/c28-23(19-10-4-5-11-21(19)31-17-8-2-1-3-9-17)26-24-25-20-13-12-18(16-22(20)32-24)33(29,30)27-14-6-7-15-27/h1-5,8-13,16H,6-7,14-15H2,(H,25,26,28). The summed E-state index contributed by atoms with van der Waals surface area (Å²) in [6.07, 6.45) is 1.77. The Kier molecular flexibility index (Phi) is 5.84. The summed E-state index contributed by atoms with van der Waals surface area (Å²) in [5.41, 5.74) is 1.00. The van der Waals surface area contributed by atoms with Crippen LogP contribution in [0.15, 0.2) is 77.7 Å². The molecule has 5 rings (SSSR count). The molecule has 0 radical (unpaired) electrons. The second-order valence-electron chi connectivity index (χ2n) is 7.63. The van der Waals surface area contributed by atoms with Gasteiger partial charge in [-0.1, -0.05) is 41.7 Å². The number of hydrogen-bond donors (Lipinski definition) is 1. The summed E-state index contributed by atoms with van der Waals surface area (Å²) in [7, 11) is -3.51. The van der Waals surface area contributed by atoms with E-state index in [0.29, 0.717) is 45.5 Å². The Balaban J connectivity index is 1.38. The quantitative estimate of drug-likeness (QED) is 0.414. The first-order valence-electron chi connectivity index (χ1n) is 10.5. The maximum atomic E-state index is 13.0. The maximum absolute atomic E-state index is 13.0. The highest BCUT2D eigenvalue weighted by Gasteiger charge is 2.27. The van der Waals surface area contributed by atoms with E-state index in [4.69, 9.17) is 4.74 Å². The zero-order valence-corrected chi connectivity index (χ0v) is 19.2. The van der Waals surface area contributed by atoms with Gasteiger partial charge >= 0.3 is 0 Å². The third-order valence-electron chi connectivity index (χ3n) is 5.39. The number of para-hydroxylation sites is 2. The van der Waals surface area contributed by atoms with E-state index in [-0.39, 0.29) is 10.8 Å². The molecule has 7 nitrogen and oxygen atoms in total. The van der Waals surface area contributed by atoms with Crippen molar-refractivity contribution in [2.45, 2.75) is 17.7 Å². The van der Waals surface area contributed by atoms with E-state index in [2.05, 4.69) is 10.3 Å². The van der Waals surface area contributed by atoms with Crippen molar-refractivity contribution < 1.29 is 17.9 Å². The molecule has 0 saturated carbocycles. The Bertz CT molecular complexity index is 1410. The Morgan fingerprint density at radius 3 is 2.48 bits per heavy atom. The van der Waals surface area contributed by atoms with Crippen molar-refractivity contribution >= 4 is 42.6 Å². The van der Waals surface area contributed by atoms with Crippen molar-refractivity contribution in [3.8, 4) is 11.5 Å². The third kappa shape index (κ3) is 4.47. The van der Waals surface area contributed by atoms with Gasteiger partial charge in [-0.2, -0.15) is 4.31 Å². The van der Waals surface area contributed by atoms with Gasteiger partial charge in [-0.3, -0.25) is 10.1 Å². The molecule has 1 saturated heterocycles. The van der Waals surface area contributed by atoms with E-state index in [0.717, 1.165) is 12.8 Å². The van der Waals surface area contributed by atoms with Gasteiger partial charge in [-0.05, 0) is 55.3 Å². The number of rotatable bonds is 6. The molecule has 0 atom stereocenters. The fourth-order valence-corrected chi connectivity index (χ4v) is 6.24. The average molecular weight is 480 g/mol. The molecule has 33 heavy (non-hydrogen) atoms. The first-order valence-corrected chi connectivity index (χ1v) is 12.8. The van der Waals surface area contributed by atoms with Crippen LogP contribution in [0.25, 0.3) is 10.2 Å². The maximum Gasteiger partial charge on any atom is 0.261 e. The van der Waals surface area contributed by atoms with Crippen molar-refractivity contribution in [2.75, 3.05) is 18.4 Å². The summed E-state index contributed by atoms with van der Waals surface area (Å²) in [4.78, 5) is 17.7. The van der Waals surface area contributed by atoms with Crippen LogP contribution >= 0.6 is 11.3 Å². The van der Waals surface area contributed by atoms with Gasteiger partial charge in [0.05, 0.1) is 20.7 Å². The Morgan fingerprint density at radius 1 is 0.970 bits per heavy atom. The normalized spacial score (nSPS) is 14.4.